The topological polar surface area (TPSA) is 65.8 Å². The number of hydrogen-bond donors (Lipinski definition) is 1. The first-order valence-electron chi connectivity index (χ1n) is 10.4. The summed E-state index contributed by atoms with van der Waals surface area (Å²) in [5, 5.41) is 2.84. The zero-order valence-electron chi connectivity index (χ0n) is 18.8. The van der Waals surface area contributed by atoms with Crippen LogP contribution in [0, 0.1) is 11.7 Å². The lowest BCUT2D eigenvalue weighted by Gasteiger charge is -2.28. The van der Waals surface area contributed by atoms with Crippen LogP contribution in [0.3, 0.4) is 0 Å². The van der Waals surface area contributed by atoms with E-state index in [1.807, 2.05) is 51.0 Å². The van der Waals surface area contributed by atoms with Crippen molar-refractivity contribution in [1.82, 2.24) is 4.90 Å². The molecule has 0 fully saturated rings. The summed E-state index contributed by atoms with van der Waals surface area (Å²) in [5.74, 6) is -0.648. The molecule has 6 nitrogen and oxygen atoms in total. The number of furan rings is 1. The molecule has 2 aromatic carbocycles. The first kappa shape index (κ1) is 23.1. The molecular formula is C25H28FN3O3. The monoisotopic (exact) mass is 437 g/mol. The van der Waals surface area contributed by atoms with Gasteiger partial charge in [-0.2, -0.15) is 0 Å². The van der Waals surface area contributed by atoms with Gasteiger partial charge < -0.3 is 19.5 Å². The molecule has 0 saturated heterocycles. The molecule has 0 unspecified atom stereocenters. The van der Waals surface area contributed by atoms with Crippen molar-refractivity contribution >= 4 is 23.2 Å². The maximum absolute atomic E-state index is 13.3. The summed E-state index contributed by atoms with van der Waals surface area (Å²) < 4.78 is 18.5. The number of rotatable bonds is 8. The smallest absolute Gasteiger partial charge is 0.291 e. The van der Waals surface area contributed by atoms with E-state index in [9.17, 15) is 14.0 Å². The van der Waals surface area contributed by atoms with E-state index < -0.39 is 0 Å². The van der Waals surface area contributed by atoms with E-state index >= 15 is 0 Å². The van der Waals surface area contributed by atoms with Crippen LogP contribution < -0.4 is 10.2 Å². The highest BCUT2D eigenvalue weighted by atomic mass is 19.1. The van der Waals surface area contributed by atoms with Crippen molar-refractivity contribution in [3.63, 3.8) is 0 Å². The molecule has 0 atom stereocenters. The van der Waals surface area contributed by atoms with Gasteiger partial charge in [-0.05, 0) is 53.6 Å². The lowest BCUT2D eigenvalue weighted by molar-refractivity contribution is -0.135. The van der Waals surface area contributed by atoms with E-state index in [1.54, 1.807) is 29.2 Å². The van der Waals surface area contributed by atoms with Crippen molar-refractivity contribution < 1.29 is 18.4 Å². The number of carbonyl (C=O) groups excluding carboxylic acids is 2. The Morgan fingerprint density at radius 1 is 1.03 bits per heavy atom. The van der Waals surface area contributed by atoms with Gasteiger partial charge in [0.25, 0.3) is 5.91 Å². The van der Waals surface area contributed by atoms with Gasteiger partial charge in [0.1, 0.15) is 5.82 Å². The van der Waals surface area contributed by atoms with Crippen molar-refractivity contribution in [3.8, 4) is 0 Å². The molecule has 2 amide bonds. The second-order valence-electron chi connectivity index (χ2n) is 8.14. The standard InChI is InChI=1S/C25H28FN3O3/c1-17(2)25(31)29(15-18-7-9-20(26)10-8-18)16-19-14-21(11-12-22(19)28(3)4)27-24(30)23-6-5-13-32-23/h5-14,17H,15-16H2,1-4H3,(H,27,30). The molecule has 0 aliphatic carbocycles. The Hall–Kier alpha value is -3.61. The van der Waals surface area contributed by atoms with E-state index in [2.05, 4.69) is 5.32 Å². The third kappa shape index (κ3) is 5.75. The first-order chi connectivity index (χ1) is 15.2. The van der Waals surface area contributed by atoms with Gasteiger partial charge in [0.2, 0.25) is 5.91 Å². The summed E-state index contributed by atoms with van der Waals surface area (Å²) in [4.78, 5) is 29.1. The van der Waals surface area contributed by atoms with Gasteiger partial charge in [-0.25, -0.2) is 4.39 Å². The highest BCUT2D eigenvalue weighted by molar-refractivity contribution is 6.02. The molecular weight excluding hydrogens is 409 g/mol. The van der Waals surface area contributed by atoms with Crippen molar-refractivity contribution in [2.75, 3.05) is 24.3 Å². The average molecular weight is 438 g/mol. The van der Waals surface area contributed by atoms with Crippen molar-refractivity contribution in [3.05, 3.63) is 83.6 Å². The number of carbonyl (C=O) groups is 2. The van der Waals surface area contributed by atoms with E-state index in [0.29, 0.717) is 18.8 Å². The van der Waals surface area contributed by atoms with Crippen molar-refractivity contribution in [2.24, 2.45) is 5.92 Å². The fourth-order valence-electron chi connectivity index (χ4n) is 3.42. The first-order valence-corrected chi connectivity index (χ1v) is 10.4. The number of nitrogens with zero attached hydrogens (tertiary/aromatic N) is 2. The molecule has 0 bridgehead atoms. The normalized spacial score (nSPS) is 10.8. The van der Waals surface area contributed by atoms with E-state index in [0.717, 1.165) is 16.8 Å². The third-order valence-electron chi connectivity index (χ3n) is 5.02. The largest absolute Gasteiger partial charge is 0.459 e. The van der Waals surface area contributed by atoms with Crippen LogP contribution in [-0.2, 0) is 17.9 Å². The van der Waals surface area contributed by atoms with Gasteiger partial charge in [0.05, 0.1) is 6.26 Å². The zero-order valence-corrected chi connectivity index (χ0v) is 18.8. The lowest BCUT2D eigenvalue weighted by atomic mass is 10.1. The summed E-state index contributed by atoms with van der Waals surface area (Å²) >= 11 is 0. The molecule has 0 aliphatic rings. The van der Waals surface area contributed by atoms with Crippen LogP contribution in [0.5, 0.6) is 0 Å². The predicted molar refractivity (Wildman–Crippen MR) is 123 cm³/mol. The zero-order chi connectivity index (χ0) is 23.3. The van der Waals surface area contributed by atoms with Crippen molar-refractivity contribution in [2.45, 2.75) is 26.9 Å². The average Bonchev–Trinajstić information content (AvgIpc) is 3.29. The quantitative estimate of drug-likeness (QED) is 0.543. The predicted octanol–water partition coefficient (Wildman–Crippen LogP) is 4.92. The summed E-state index contributed by atoms with van der Waals surface area (Å²) in [6, 6.07) is 15.0. The van der Waals surface area contributed by atoms with E-state index in [1.165, 1.54) is 18.4 Å². The van der Waals surface area contributed by atoms with Gasteiger partial charge in [0.15, 0.2) is 5.76 Å². The second-order valence-corrected chi connectivity index (χ2v) is 8.14. The summed E-state index contributed by atoms with van der Waals surface area (Å²) in [5.41, 5.74) is 3.25. The van der Waals surface area contributed by atoms with E-state index in [4.69, 9.17) is 4.42 Å². The lowest BCUT2D eigenvalue weighted by Crippen LogP contribution is -2.34. The summed E-state index contributed by atoms with van der Waals surface area (Å²) in [7, 11) is 3.85. The number of benzene rings is 2. The molecule has 168 valence electrons. The molecule has 1 heterocycles. The molecule has 7 heteroatoms. The Bertz CT molecular complexity index is 1060. The van der Waals surface area contributed by atoms with Crippen LogP contribution in [0.25, 0.3) is 0 Å². The highest BCUT2D eigenvalue weighted by Gasteiger charge is 2.20. The fraction of sp³-hybridized carbons (Fsp3) is 0.280. The minimum atomic E-state index is -0.347. The SMILES string of the molecule is CC(C)C(=O)N(Cc1ccc(F)cc1)Cc1cc(NC(=O)c2ccco2)ccc1N(C)C. The Labute approximate surface area is 187 Å². The van der Waals surface area contributed by atoms with Crippen LogP contribution >= 0.6 is 0 Å². The number of anilines is 2. The molecule has 32 heavy (non-hydrogen) atoms. The minimum Gasteiger partial charge on any atom is -0.459 e. The van der Waals surface area contributed by atoms with Crippen molar-refractivity contribution in [1.29, 1.82) is 0 Å². The van der Waals surface area contributed by atoms with Gasteiger partial charge in [0, 0.05) is 44.5 Å². The van der Waals surface area contributed by atoms with Crippen LogP contribution in [-0.4, -0.2) is 30.8 Å². The number of hydrogen-bond acceptors (Lipinski definition) is 4. The molecule has 0 saturated carbocycles. The van der Waals surface area contributed by atoms with E-state index in [-0.39, 0.29) is 29.3 Å². The molecule has 0 radical (unpaired) electrons. The number of amides is 2. The molecule has 3 aromatic rings. The maximum Gasteiger partial charge on any atom is 0.291 e. The molecule has 0 aliphatic heterocycles. The Morgan fingerprint density at radius 3 is 2.34 bits per heavy atom. The highest BCUT2D eigenvalue weighted by Crippen LogP contribution is 2.26. The third-order valence-corrected chi connectivity index (χ3v) is 5.02. The van der Waals surface area contributed by atoms with Gasteiger partial charge >= 0.3 is 0 Å². The van der Waals surface area contributed by atoms with Gasteiger partial charge in [-0.1, -0.05) is 26.0 Å². The second kappa shape index (κ2) is 10.1. The maximum atomic E-state index is 13.3. The van der Waals surface area contributed by atoms with Crippen LogP contribution in [0.4, 0.5) is 15.8 Å². The van der Waals surface area contributed by atoms with Gasteiger partial charge in [-0.15, -0.1) is 0 Å². The Balaban J connectivity index is 1.89. The number of nitrogens with one attached hydrogen (secondary N) is 1. The molecule has 1 aromatic heterocycles. The molecule has 0 spiro atoms. The Kier molecular flexibility index (Phi) is 7.30. The Morgan fingerprint density at radius 2 is 1.75 bits per heavy atom. The minimum absolute atomic E-state index is 0.0101. The van der Waals surface area contributed by atoms with Crippen LogP contribution in [0.2, 0.25) is 0 Å². The van der Waals surface area contributed by atoms with Crippen LogP contribution in [0.1, 0.15) is 35.5 Å². The van der Waals surface area contributed by atoms with Crippen LogP contribution in [0.15, 0.2) is 65.3 Å². The van der Waals surface area contributed by atoms with Gasteiger partial charge in [-0.3, -0.25) is 9.59 Å². The number of halogens is 1. The molecule has 3 rings (SSSR count). The molecule has 1 N–H and O–H groups in total. The fourth-order valence-corrected chi connectivity index (χ4v) is 3.42. The summed E-state index contributed by atoms with van der Waals surface area (Å²) in [6.45, 7) is 4.40. The summed E-state index contributed by atoms with van der Waals surface area (Å²) in [6.07, 6.45) is 1.44.